The SMILES string of the molecule is CCCCOC(=O)C1CCC(CC(O)c2ncc(-c3cccc(N)c3)s2)CC1. The summed E-state index contributed by atoms with van der Waals surface area (Å²) in [6.07, 6.45) is 7.53. The standard InChI is InChI=1S/C22H30N2O3S/c1-2-3-11-27-22(26)16-9-7-15(8-10-16)12-19(25)21-24-14-20(28-21)17-5-4-6-18(23)13-17/h4-6,13-16,19,25H,2-3,7-12,23H2,1H3. The normalized spacial score (nSPS) is 20.6. The predicted molar refractivity (Wildman–Crippen MR) is 113 cm³/mol. The Morgan fingerprint density at radius 2 is 2.14 bits per heavy atom. The van der Waals surface area contributed by atoms with Gasteiger partial charge in [0.2, 0.25) is 0 Å². The minimum atomic E-state index is -0.558. The predicted octanol–water partition coefficient (Wildman–Crippen LogP) is 4.97. The van der Waals surface area contributed by atoms with Crippen LogP contribution in [-0.4, -0.2) is 22.7 Å². The van der Waals surface area contributed by atoms with Gasteiger partial charge in [0.05, 0.1) is 17.4 Å². The lowest BCUT2D eigenvalue weighted by molar-refractivity contribution is -0.150. The Balaban J connectivity index is 1.48. The number of esters is 1. The van der Waals surface area contributed by atoms with E-state index in [2.05, 4.69) is 11.9 Å². The van der Waals surface area contributed by atoms with E-state index in [1.165, 1.54) is 11.3 Å². The number of aliphatic hydroxyl groups excluding tert-OH is 1. The van der Waals surface area contributed by atoms with E-state index in [9.17, 15) is 9.90 Å². The summed E-state index contributed by atoms with van der Waals surface area (Å²) in [5, 5.41) is 11.4. The van der Waals surface area contributed by atoms with E-state index in [-0.39, 0.29) is 11.9 Å². The second-order valence-electron chi connectivity index (χ2n) is 7.68. The first kappa shape index (κ1) is 20.8. The molecule has 0 spiro atoms. The Bertz CT molecular complexity index is 769. The van der Waals surface area contributed by atoms with Gasteiger partial charge in [0.15, 0.2) is 0 Å². The number of ether oxygens (including phenoxy) is 1. The molecule has 5 nitrogen and oxygen atoms in total. The first-order chi connectivity index (χ1) is 13.6. The number of thiazole rings is 1. The largest absolute Gasteiger partial charge is 0.465 e. The van der Waals surface area contributed by atoms with Gasteiger partial charge in [0.1, 0.15) is 11.1 Å². The summed E-state index contributed by atoms with van der Waals surface area (Å²) in [6, 6.07) is 7.70. The number of aromatic nitrogens is 1. The van der Waals surface area contributed by atoms with Crippen LogP contribution < -0.4 is 5.73 Å². The second-order valence-corrected chi connectivity index (χ2v) is 8.74. The first-order valence-corrected chi connectivity index (χ1v) is 11.0. The third-order valence-electron chi connectivity index (χ3n) is 5.46. The minimum absolute atomic E-state index is 0.0280. The molecule has 1 saturated carbocycles. The van der Waals surface area contributed by atoms with Crippen molar-refractivity contribution in [2.45, 2.75) is 58.0 Å². The van der Waals surface area contributed by atoms with Crippen LogP contribution in [-0.2, 0) is 9.53 Å². The van der Waals surface area contributed by atoms with Gasteiger partial charge in [-0.2, -0.15) is 0 Å². The molecule has 1 unspecified atom stereocenters. The number of nitrogen functional groups attached to an aromatic ring is 1. The highest BCUT2D eigenvalue weighted by atomic mass is 32.1. The number of nitrogens with zero attached hydrogens (tertiary/aromatic N) is 1. The van der Waals surface area contributed by atoms with Crippen molar-refractivity contribution in [3.05, 3.63) is 35.5 Å². The first-order valence-electron chi connectivity index (χ1n) is 10.2. The Morgan fingerprint density at radius 1 is 1.36 bits per heavy atom. The van der Waals surface area contributed by atoms with E-state index in [4.69, 9.17) is 10.5 Å². The van der Waals surface area contributed by atoms with Crippen LogP contribution in [0.5, 0.6) is 0 Å². The van der Waals surface area contributed by atoms with E-state index in [0.717, 1.165) is 59.7 Å². The fraction of sp³-hybridized carbons (Fsp3) is 0.545. The number of hydrogen-bond donors (Lipinski definition) is 2. The number of carbonyl (C=O) groups excluding carboxylic acids is 1. The molecule has 1 fully saturated rings. The van der Waals surface area contributed by atoms with Crippen LogP contribution in [0.1, 0.15) is 63.0 Å². The third-order valence-corrected chi connectivity index (χ3v) is 6.61. The summed E-state index contributed by atoms with van der Waals surface area (Å²) in [5.41, 5.74) is 7.60. The van der Waals surface area contributed by atoms with Crippen molar-refractivity contribution in [3.8, 4) is 10.4 Å². The summed E-state index contributed by atoms with van der Waals surface area (Å²) in [5.74, 6) is 0.411. The minimum Gasteiger partial charge on any atom is -0.465 e. The lowest BCUT2D eigenvalue weighted by Crippen LogP contribution is -2.24. The maximum absolute atomic E-state index is 12.1. The van der Waals surface area contributed by atoms with Crippen molar-refractivity contribution in [1.29, 1.82) is 0 Å². The molecule has 1 aliphatic rings. The zero-order valence-corrected chi connectivity index (χ0v) is 17.3. The van der Waals surface area contributed by atoms with Crippen LogP contribution in [0.4, 0.5) is 5.69 Å². The third kappa shape index (κ3) is 5.55. The quantitative estimate of drug-likeness (QED) is 0.370. The summed E-state index contributed by atoms with van der Waals surface area (Å²) in [6.45, 7) is 2.62. The number of carbonyl (C=O) groups is 1. The molecule has 0 aliphatic heterocycles. The molecule has 28 heavy (non-hydrogen) atoms. The maximum atomic E-state index is 12.1. The fourth-order valence-corrected chi connectivity index (χ4v) is 4.67. The van der Waals surface area contributed by atoms with Gasteiger partial charge in [-0.25, -0.2) is 4.98 Å². The van der Waals surface area contributed by atoms with E-state index in [1.807, 2.05) is 24.3 Å². The Hall–Kier alpha value is -1.92. The average molecular weight is 403 g/mol. The molecule has 0 saturated heterocycles. The van der Waals surface area contributed by atoms with Crippen molar-refractivity contribution in [2.24, 2.45) is 11.8 Å². The number of rotatable bonds is 8. The number of unbranched alkanes of at least 4 members (excludes halogenated alkanes) is 1. The molecule has 1 aromatic heterocycles. The number of anilines is 1. The molecular weight excluding hydrogens is 372 g/mol. The molecule has 1 aromatic carbocycles. The smallest absolute Gasteiger partial charge is 0.308 e. The molecule has 1 atom stereocenters. The van der Waals surface area contributed by atoms with Gasteiger partial charge in [-0.3, -0.25) is 4.79 Å². The highest BCUT2D eigenvalue weighted by Crippen LogP contribution is 2.37. The molecule has 0 amide bonds. The summed E-state index contributed by atoms with van der Waals surface area (Å²) >= 11 is 1.52. The molecule has 3 rings (SSSR count). The van der Waals surface area contributed by atoms with Crippen LogP contribution >= 0.6 is 11.3 Å². The van der Waals surface area contributed by atoms with Crippen LogP contribution in [0.15, 0.2) is 30.5 Å². The summed E-state index contributed by atoms with van der Waals surface area (Å²) < 4.78 is 5.36. The summed E-state index contributed by atoms with van der Waals surface area (Å²) in [4.78, 5) is 17.5. The molecule has 0 bridgehead atoms. The van der Waals surface area contributed by atoms with Gasteiger partial charge < -0.3 is 15.6 Å². The van der Waals surface area contributed by atoms with Gasteiger partial charge in [0, 0.05) is 11.9 Å². The molecule has 152 valence electrons. The Morgan fingerprint density at radius 3 is 2.86 bits per heavy atom. The number of benzene rings is 1. The van der Waals surface area contributed by atoms with Crippen molar-refractivity contribution in [2.75, 3.05) is 12.3 Å². The number of aliphatic hydroxyl groups is 1. The Kier molecular flexibility index (Phi) is 7.45. The lowest BCUT2D eigenvalue weighted by atomic mass is 9.79. The molecular formula is C22H30N2O3S. The number of hydrogen-bond acceptors (Lipinski definition) is 6. The molecule has 1 heterocycles. The van der Waals surface area contributed by atoms with Crippen LogP contribution in [0.2, 0.25) is 0 Å². The summed E-state index contributed by atoms with van der Waals surface area (Å²) in [7, 11) is 0. The van der Waals surface area contributed by atoms with Gasteiger partial charge in [-0.1, -0.05) is 25.5 Å². The highest BCUT2D eigenvalue weighted by molar-refractivity contribution is 7.15. The molecule has 3 N–H and O–H groups in total. The zero-order valence-electron chi connectivity index (χ0n) is 16.5. The topological polar surface area (TPSA) is 85.4 Å². The van der Waals surface area contributed by atoms with E-state index in [0.29, 0.717) is 18.9 Å². The molecule has 0 radical (unpaired) electrons. The number of nitrogens with two attached hydrogens (primary N) is 1. The monoisotopic (exact) mass is 402 g/mol. The van der Waals surface area contributed by atoms with Gasteiger partial charge in [-0.05, 0) is 62.1 Å². The maximum Gasteiger partial charge on any atom is 0.308 e. The van der Waals surface area contributed by atoms with Crippen LogP contribution in [0.3, 0.4) is 0 Å². The van der Waals surface area contributed by atoms with Gasteiger partial charge in [-0.15, -0.1) is 11.3 Å². The van der Waals surface area contributed by atoms with Crippen molar-refractivity contribution >= 4 is 23.0 Å². The zero-order chi connectivity index (χ0) is 19.9. The van der Waals surface area contributed by atoms with Gasteiger partial charge >= 0.3 is 5.97 Å². The van der Waals surface area contributed by atoms with Gasteiger partial charge in [0.25, 0.3) is 0 Å². The lowest BCUT2D eigenvalue weighted by Gasteiger charge is -2.28. The van der Waals surface area contributed by atoms with Crippen molar-refractivity contribution in [1.82, 2.24) is 4.98 Å². The van der Waals surface area contributed by atoms with Crippen LogP contribution in [0.25, 0.3) is 10.4 Å². The molecule has 2 aromatic rings. The fourth-order valence-electron chi connectivity index (χ4n) is 3.75. The van der Waals surface area contributed by atoms with E-state index >= 15 is 0 Å². The second kappa shape index (κ2) is 10.0. The van der Waals surface area contributed by atoms with Crippen molar-refractivity contribution < 1.29 is 14.6 Å². The molecule has 6 heteroatoms. The van der Waals surface area contributed by atoms with Crippen LogP contribution in [0, 0.1) is 11.8 Å². The van der Waals surface area contributed by atoms with E-state index < -0.39 is 6.10 Å². The highest BCUT2D eigenvalue weighted by Gasteiger charge is 2.29. The average Bonchev–Trinajstić information content (AvgIpc) is 3.19. The van der Waals surface area contributed by atoms with E-state index in [1.54, 1.807) is 6.20 Å². The Labute approximate surface area is 170 Å². The van der Waals surface area contributed by atoms with Crippen molar-refractivity contribution in [3.63, 3.8) is 0 Å². The molecule has 1 aliphatic carbocycles.